The summed E-state index contributed by atoms with van der Waals surface area (Å²) < 4.78 is 13.8. The minimum atomic E-state index is -0.0123. The number of rotatable bonds is 4. The average molecular weight is 360 g/mol. The minimum Gasteiger partial charge on any atom is -0.381 e. The Labute approximate surface area is 151 Å². The van der Waals surface area contributed by atoms with Crippen molar-refractivity contribution in [1.82, 2.24) is 19.0 Å². The Bertz CT molecular complexity index is 721. The van der Waals surface area contributed by atoms with E-state index in [0.717, 1.165) is 69.6 Å². The zero-order valence-electron chi connectivity index (χ0n) is 14.3. The fourth-order valence-electron chi connectivity index (χ4n) is 3.83. The fourth-order valence-corrected chi connectivity index (χ4v) is 4.35. The second-order valence-corrected chi connectivity index (χ2v) is 7.53. The molecule has 0 atom stereocenters. The van der Waals surface area contributed by atoms with Crippen molar-refractivity contribution in [2.45, 2.75) is 31.7 Å². The number of aromatic nitrogens is 2. The highest BCUT2D eigenvalue weighted by Gasteiger charge is 2.26. The summed E-state index contributed by atoms with van der Waals surface area (Å²) in [4.78, 5) is 15.0. The highest BCUT2D eigenvalue weighted by molar-refractivity contribution is 7.00. The molecule has 6 nitrogen and oxygen atoms in total. The summed E-state index contributed by atoms with van der Waals surface area (Å²) in [6.07, 6.45) is 4.64. The predicted octanol–water partition coefficient (Wildman–Crippen LogP) is 2.31. The van der Waals surface area contributed by atoms with Crippen LogP contribution in [0.1, 0.15) is 36.0 Å². The van der Waals surface area contributed by atoms with Crippen LogP contribution in [0.25, 0.3) is 11.0 Å². The number of carbonyl (C=O) groups excluding carboxylic acids is 1. The van der Waals surface area contributed by atoms with Crippen LogP contribution in [0, 0.1) is 5.92 Å². The van der Waals surface area contributed by atoms with Gasteiger partial charge in [0.2, 0.25) is 0 Å². The van der Waals surface area contributed by atoms with Gasteiger partial charge in [0.1, 0.15) is 11.0 Å². The Morgan fingerprint density at radius 2 is 1.92 bits per heavy atom. The molecular weight excluding hydrogens is 336 g/mol. The Morgan fingerprint density at radius 3 is 2.72 bits per heavy atom. The molecule has 1 amide bonds. The maximum Gasteiger partial charge on any atom is 0.251 e. The summed E-state index contributed by atoms with van der Waals surface area (Å²) in [5, 5.41) is 3.10. The molecule has 0 aliphatic carbocycles. The molecule has 2 fully saturated rings. The van der Waals surface area contributed by atoms with Crippen LogP contribution in [0.3, 0.4) is 0 Å². The first-order chi connectivity index (χ1) is 12.3. The summed E-state index contributed by atoms with van der Waals surface area (Å²) in [6, 6.07) is 6.21. The number of benzene rings is 1. The number of nitrogens with one attached hydrogen (secondary N) is 1. The molecule has 0 radical (unpaired) electrons. The largest absolute Gasteiger partial charge is 0.381 e. The molecule has 1 N–H and O–H groups in total. The maximum atomic E-state index is 12.4. The number of hydrogen-bond acceptors (Lipinski definition) is 6. The molecule has 1 aromatic heterocycles. The number of hydrogen-bond donors (Lipinski definition) is 1. The first kappa shape index (κ1) is 16.9. The number of fused-ring (bicyclic) bond motifs is 1. The van der Waals surface area contributed by atoms with Crippen LogP contribution in [0.15, 0.2) is 18.2 Å². The van der Waals surface area contributed by atoms with Crippen molar-refractivity contribution < 1.29 is 9.53 Å². The number of amides is 1. The lowest BCUT2D eigenvalue weighted by atomic mass is 9.94. The maximum absolute atomic E-state index is 12.4. The molecule has 2 saturated heterocycles. The van der Waals surface area contributed by atoms with Gasteiger partial charge in [-0.15, -0.1) is 0 Å². The molecular formula is C18H24N4O2S. The fraction of sp³-hybridized carbons (Fsp3) is 0.611. The van der Waals surface area contributed by atoms with Crippen molar-refractivity contribution in [3.05, 3.63) is 23.8 Å². The lowest BCUT2D eigenvalue weighted by molar-refractivity contribution is 0.0211. The molecule has 25 heavy (non-hydrogen) atoms. The van der Waals surface area contributed by atoms with E-state index in [1.165, 1.54) is 11.7 Å². The van der Waals surface area contributed by atoms with Gasteiger partial charge in [0, 0.05) is 31.4 Å². The first-order valence-electron chi connectivity index (χ1n) is 9.12. The molecule has 0 unspecified atom stereocenters. The number of piperidine rings is 1. The van der Waals surface area contributed by atoms with Crippen LogP contribution in [0.4, 0.5) is 0 Å². The van der Waals surface area contributed by atoms with E-state index in [4.69, 9.17) is 4.74 Å². The number of carbonyl (C=O) groups is 1. The van der Waals surface area contributed by atoms with Gasteiger partial charge in [0.15, 0.2) is 0 Å². The van der Waals surface area contributed by atoms with Crippen molar-refractivity contribution in [1.29, 1.82) is 0 Å². The second-order valence-electron chi connectivity index (χ2n) is 7.00. The molecule has 2 aliphatic rings. The standard InChI is InChI=1S/C18H24N4O2S/c23-18(14-1-2-16-17(11-14)21-25-20-16)19-12-13-3-7-22(8-4-13)15-5-9-24-10-6-15/h1-2,11,13,15H,3-10,12H2,(H,19,23). The van der Waals surface area contributed by atoms with Gasteiger partial charge in [-0.2, -0.15) is 8.75 Å². The average Bonchev–Trinajstić information content (AvgIpc) is 3.15. The minimum absolute atomic E-state index is 0.0123. The van der Waals surface area contributed by atoms with Crippen LogP contribution in [0.2, 0.25) is 0 Å². The molecule has 3 heterocycles. The van der Waals surface area contributed by atoms with Gasteiger partial charge in [-0.3, -0.25) is 4.79 Å². The van der Waals surface area contributed by atoms with Gasteiger partial charge in [-0.25, -0.2) is 0 Å². The predicted molar refractivity (Wildman–Crippen MR) is 97.9 cm³/mol. The van der Waals surface area contributed by atoms with E-state index >= 15 is 0 Å². The van der Waals surface area contributed by atoms with Gasteiger partial charge in [0.05, 0.1) is 11.7 Å². The van der Waals surface area contributed by atoms with Crippen LogP contribution in [-0.4, -0.2) is 58.4 Å². The van der Waals surface area contributed by atoms with Crippen molar-refractivity contribution >= 4 is 28.7 Å². The van der Waals surface area contributed by atoms with Crippen molar-refractivity contribution in [3.63, 3.8) is 0 Å². The number of ether oxygens (including phenoxy) is 1. The Balaban J connectivity index is 1.25. The van der Waals surface area contributed by atoms with Gasteiger partial charge < -0.3 is 15.0 Å². The lowest BCUT2D eigenvalue weighted by Gasteiger charge is -2.39. The molecule has 2 aromatic rings. The third-order valence-electron chi connectivity index (χ3n) is 5.42. The summed E-state index contributed by atoms with van der Waals surface area (Å²) in [7, 11) is 0. The lowest BCUT2D eigenvalue weighted by Crippen LogP contribution is -2.45. The Kier molecular flexibility index (Phi) is 5.24. The van der Waals surface area contributed by atoms with Crippen molar-refractivity contribution in [2.24, 2.45) is 5.92 Å². The molecule has 2 aliphatic heterocycles. The SMILES string of the molecule is O=C(NCC1CCN(C2CCOCC2)CC1)c1ccc2nsnc2c1. The van der Waals surface area contributed by atoms with E-state index in [1.807, 2.05) is 18.2 Å². The quantitative estimate of drug-likeness (QED) is 0.906. The normalized spacial score (nSPS) is 20.8. The van der Waals surface area contributed by atoms with Crippen molar-refractivity contribution in [3.8, 4) is 0 Å². The summed E-state index contributed by atoms with van der Waals surface area (Å²) in [5.41, 5.74) is 2.31. The summed E-state index contributed by atoms with van der Waals surface area (Å²) in [6.45, 7) is 4.84. The number of nitrogens with zero attached hydrogens (tertiary/aromatic N) is 3. The smallest absolute Gasteiger partial charge is 0.251 e. The molecule has 0 bridgehead atoms. The van der Waals surface area contributed by atoms with Gasteiger partial charge in [0.25, 0.3) is 5.91 Å². The third kappa shape index (κ3) is 3.99. The van der Waals surface area contributed by atoms with E-state index in [2.05, 4.69) is 19.0 Å². The molecule has 0 saturated carbocycles. The monoisotopic (exact) mass is 360 g/mol. The first-order valence-corrected chi connectivity index (χ1v) is 9.85. The highest BCUT2D eigenvalue weighted by atomic mass is 32.1. The summed E-state index contributed by atoms with van der Waals surface area (Å²) in [5.74, 6) is 0.562. The molecule has 7 heteroatoms. The topological polar surface area (TPSA) is 67.4 Å². The van der Waals surface area contributed by atoms with E-state index in [1.54, 1.807) is 0 Å². The van der Waals surface area contributed by atoms with Gasteiger partial charge >= 0.3 is 0 Å². The Hall–Kier alpha value is -1.57. The number of likely N-dealkylation sites (tertiary alicyclic amines) is 1. The summed E-state index contributed by atoms with van der Waals surface area (Å²) >= 11 is 1.18. The van der Waals surface area contributed by atoms with Crippen molar-refractivity contribution in [2.75, 3.05) is 32.8 Å². The zero-order chi connectivity index (χ0) is 17.1. The zero-order valence-corrected chi connectivity index (χ0v) is 15.1. The van der Waals surface area contributed by atoms with E-state index in [-0.39, 0.29) is 5.91 Å². The highest BCUT2D eigenvalue weighted by Crippen LogP contribution is 2.23. The van der Waals surface area contributed by atoms with Gasteiger partial charge in [-0.05, 0) is 62.9 Å². The van der Waals surface area contributed by atoms with E-state index < -0.39 is 0 Å². The second kappa shape index (κ2) is 7.76. The molecule has 134 valence electrons. The molecule has 4 rings (SSSR count). The van der Waals surface area contributed by atoms with Gasteiger partial charge in [-0.1, -0.05) is 0 Å². The van der Waals surface area contributed by atoms with Crippen LogP contribution < -0.4 is 5.32 Å². The third-order valence-corrected chi connectivity index (χ3v) is 5.98. The van der Waals surface area contributed by atoms with Crippen LogP contribution >= 0.6 is 11.7 Å². The van der Waals surface area contributed by atoms with E-state index in [9.17, 15) is 4.79 Å². The van der Waals surface area contributed by atoms with Crippen LogP contribution in [0.5, 0.6) is 0 Å². The Morgan fingerprint density at radius 1 is 1.16 bits per heavy atom. The van der Waals surface area contributed by atoms with E-state index in [0.29, 0.717) is 17.5 Å². The van der Waals surface area contributed by atoms with Crippen LogP contribution in [-0.2, 0) is 4.74 Å². The molecule has 0 spiro atoms. The molecule has 1 aromatic carbocycles.